The number of nitrogens with one attached hydrogen (secondary N) is 1. The molecule has 2 N–H and O–H groups in total. The maximum absolute atomic E-state index is 12.0. The van der Waals surface area contributed by atoms with Crippen LogP contribution in [0.3, 0.4) is 0 Å². The van der Waals surface area contributed by atoms with Crippen LogP contribution in [0.25, 0.3) is 10.9 Å². The second-order valence-corrected chi connectivity index (χ2v) is 6.92. The van der Waals surface area contributed by atoms with E-state index in [9.17, 15) is 9.59 Å². The molecule has 1 aromatic heterocycles. The van der Waals surface area contributed by atoms with Gasteiger partial charge in [0.2, 0.25) is 0 Å². The van der Waals surface area contributed by atoms with Gasteiger partial charge in [-0.1, -0.05) is 11.6 Å². The zero-order chi connectivity index (χ0) is 17.7. The molecule has 1 aromatic carbocycles. The van der Waals surface area contributed by atoms with Crippen molar-refractivity contribution in [2.45, 2.75) is 32.4 Å². The number of carbonyl (C=O) groups excluding carboxylic acids is 1. The van der Waals surface area contributed by atoms with Crippen molar-refractivity contribution in [2.75, 3.05) is 13.1 Å². The Morgan fingerprint density at radius 3 is 2.83 bits per heavy atom. The van der Waals surface area contributed by atoms with E-state index in [0.29, 0.717) is 20.4 Å². The summed E-state index contributed by atoms with van der Waals surface area (Å²) in [7, 11) is 0. The summed E-state index contributed by atoms with van der Waals surface area (Å²) in [5.74, 6) is -0.101. The van der Waals surface area contributed by atoms with Crippen LogP contribution in [0.5, 0.6) is 0 Å². The Balaban J connectivity index is 0.000000249. The number of hydrogen-bond acceptors (Lipinski definition) is 5. The highest BCUT2D eigenvalue weighted by Crippen LogP contribution is 2.25. The minimum Gasteiger partial charge on any atom is -0.392 e. The fourth-order valence-corrected chi connectivity index (χ4v) is 2.83. The average molecular weight is 417 g/mol. The lowest BCUT2D eigenvalue weighted by atomic mass is 10.1. The quantitative estimate of drug-likeness (QED) is 0.783. The van der Waals surface area contributed by atoms with Crippen LogP contribution in [0, 0.1) is 0 Å². The van der Waals surface area contributed by atoms with Crippen LogP contribution in [-0.2, 0) is 11.3 Å². The number of hydrogen-bond donors (Lipinski definition) is 2. The van der Waals surface area contributed by atoms with E-state index in [4.69, 9.17) is 16.7 Å². The lowest BCUT2D eigenvalue weighted by Gasteiger charge is -2.16. The molecule has 1 fully saturated rings. The van der Waals surface area contributed by atoms with Crippen LogP contribution in [-0.4, -0.2) is 39.6 Å². The van der Waals surface area contributed by atoms with Gasteiger partial charge in [-0.2, -0.15) is 0 Å². The molecule has 6 nitrogen and oxygen atoms in total. The first-order valence-electron chi connectivity index (χ1n) is 7.61. The molecule has 0 aliphatic carbocycles. The highest BCUT2D eigenvalue weighted by molar-refractivity contribution is 9.10. The van der Waals surface area contributed by atoms with Crippen molar-refractivity contribution in [1.29, 1.82) is 0 Å². The van der Waals surface area contributed by atoms with Gasteiger partial charge in [0, 0.05) is 11.0 Å². The number of nitrogens with zero attached hydrogens (tertiary/aromatic N) is 2. The maximum Gasteiger partial charge on any atom is 0.261 e. The lowest BCUT2D eigenvalue weighted by molar-refractivity contribution is -0.117. The van der Waals surface area contributed by atoms with Crippen molar-refractivity contribution in [3.8, 4) is 0 Å². The Bertz CT molecular complexity index is 788. The Kier molecular flexibility index (Phi) is 6.91. The van der Waals surface area contributed by atoms with Crippen LogP contribution in [0.4, 0.5) is 0 Å². The van der Waals surface area contributed by atoms with E-state index in [2.05, 4.69) is 26.2 Å². The molecule has 0 radical (unpaired) electrons. The molecular formula is C16H19BrClN3O3. The minimum atomic E-state index is -0.264. The Hall–Kier alpha value is -1.28. The summed E-state index contributed by atoms with van der Waals surface area (Å²) >= 11 is 9.19. The summed E-state index contributed by atoms with van der Waals surface area (Å²) in [5, 5.41) is 12.8. The van der Waals surface area contributed by atoms with Crippen molar-refractivity contribution in [3.05, 3.63) is 38.3 Å². The summed E-state index contributed by atoms with van der Waals surface area (Å²) in [5.41, 5.74) is 0.283. The van der Waals surface area contributed by atoms with Gasteiger partial charge in [-0.3, -0.25) is 14.2 Å². The maximum atomic E-state index is 12.0. The monoisotopic (exact) mass is 415 g/mol. The van der Waals surface area contributed by atoms with Crippen LogP contribution in [0.1, 0.15) is 19.8 Å². The number of carbonyl (C=O) groups is 1. The van der Waals surface area contributed by atoms with Gasteiger partial charge >= 0.3 is 0 Å². The molecule has 1 unspecified atom stereocenters. The molecule has 1 saturated heterocycles. The Labute approximate surface area is 153 Å². The van der Waals surface area contributed by atoms with Gasteiger partial charge in [0.15, 0.2) is 0 Å². The number of piperidine rings is 1. The first kappa shape index (κ1) is 19.1. The van der Waals surface area contributed by atoms with Crippen molar-refractivity contribution in [2.24, 2.45) is 0 Å². The third kappa shape index (κ3) is 5.11. The van der Waals surface area contributed by atoms with E-state index in [-0.39, 0.29) is 24.0 Å². The molecule has 1 aliphatic rings. The molecule has 8 heteroatoms. The zero-order valence-corrected chi connectivity index (χ0v) is 15.6. The van der Waals surface area contributed by atoms with Crippen LogP contribution >= 0.6 is 27.5 Å². The van der Waals surface area contributed by atoms with Crippen LogP contribution in [0.2, 0.25) is 5.02 Å². The van der Waals surface area contributed by atoms with Gasteiger partial charge in [-0.05, 0) is 54.4 Å². The summed E-state index contributed by atoms with van der Waals surface area (Å²) in [6, 6.07) is 3.23. The molecule has 2 aromatic rings. The number of aliphatic hydroxyl groups is 1. The molecule has 0 bridgehead atoms. The fraction of sp³-hybridized carbons (Fsp3) is 0.438. The minimum absolute atomic E-state index is 0.0233. The molecule has 2 heterocycles. The smallest absolute Gasteiger partial charge is 0.261 e. The van der Waals surface area contributed by atoms with E-state index < -0.39 is 0 Å². The Morgan fingerprint density at radius 2 is 2.29 bits per heavy atom. The van der Waals surface area contributed by atoms with Crippen molar-refractivity contribution in [3.63, 3.8) is 0 Å². The highest BCUT2D eigenvalue weighted by Gasteiger charge is 2.08. The number of ketones is 1. The van der Waals surface area contributed by atoms with E-state index in [0.717, 1.165) is 25.9 Å². The average Bonchev–Trinajstić information content (AvgIpc) is 2.53. The second kappa shape index (κ2) is 8.71. The predicted octanol–water partition coefficient (Wildman–Crippen LogP) is 2.13. The molecule has 24 heavy (non-hydrogen) atoms. The standard InChI is InChI=1S/C11H8BrClN2O2.C5H11NO/c1-6(16)4-15-5-14-10-3-8(12)9(13)2-7(10)11(15)17;7-5-2-1-3-6-4-5/h2-3,5H,4H2,1H3;5-7H,1-4H2. The fourth-order valence-electron chi connectivity index (χ4n) is 2.34. The van der Waals surface area contributed by atoms with Gasteiger partial charge in [0.25, 0.3) is 5.56 Å². The van der Waals surface area contributed by atoms with E-state index in [1.165, 1.54) is 17.8 Å². The molecule has 0 amide bonds. The normalized spacial score (nSPS) is 17.2. The number of aromatic nitrogens is 2. The number of aliphatic hydroxyl groups excluding tert-OH is 1. The number of fused-ring (bicyclic) bond motifs is 1. The van der Waals surface area contributed by atoms with Gasteiger partial charge < -0.3 is 10.4 Å². The lowest BCUT2D eigenvalue weighted by Crippen LogP contribution is -2.33. The first-order chi connectivity index (χ1) is 11.4. The molecule has 3 rings (SSSR count). The van der Waals surface area contributed by atoms with Gasteiger partial charge in [0.05, 0.1) is 34.9 Å². The number of benzene rings is 1. The third-order valence-corrected chi connectivity index (χ3v) is 4.73. The number of β-amino-alcohol motifs (C(OH)–C–C–N with tert-alkyl or cyclic N) is 1. The highest BCUT2D eigenvalue weighted by atomic mass is 79.9. The number of rotatable bonds is 2. The van der Waals surface area contributed by atoms with Crippen molar-refractivity contribution < 1.29 is 9.90 Å². The summed E-state index contributed by atoms with van der Waals surface area (Å²) in [6.07, 6.45) is 3.40. The molecule has 1 aliphatic heterocycles. The first-order valence-corrected chi connectivity index (χ1v) is 8.78. The molecule has 0 saturated carbocycles. The summed E-state index contributed by atoms with van der Waals surface area (Å²) in [4.78, 5) is 27.1. The predicted molar refractivity (Wildman–Crippen MR) is 97.5 cm³/mol. The largest absolute Gasteiger partial charge is 0.392 e. The SMILES string of the molecule is CC(=O)Cn1cnc2cc(Br)c(Cl)cc2c1=O.OC1CCCNC1. The van der Waals surface area contributed by atoms with E-state index in [1.807, 2.05) is 0 Å². The molecule has 1 atom stereocenters. The summed E-state index contributed by atoms with van der Waals surface area (Å²) in [6.45, 7) is 3.32. The van der Waals surface area contributed by atoms with E-state index in [1.54, 1.807) is 12.1 Å². The van der Waals surface area contributed by atoms with Crippen LogP contribution in [0.15, 0.2) is 27.7 Å². The third-order valence-electron chi connectivity index (χ3n) is 3.53. The molecule has 0 spiro atoms. The van der Waals surface area contributed by atoms with Crippen molar-refractivity contribution in [1.82, 2.24) is 14.9 Å². The van der Waals surface area contributed by atoms with Crippen molar-refractivity contribution >= 4 is 44.2 Å². The second-order valence-electron chi connectivity index (χ2n) is 5.66. The van der Waals surface area contributed by atoms with Gasteiger partial charge in [-0.15, -0.1) is 0 Å². The Morgan fingerprint density at radius 1 is 1.54 bits per heavy atom. The van der Waals surface area contributed by atoms with Gasteiger partial charge in [-0.25, -0.2) is 4.98 Å². The van der Waals surface area contributed by atoms with Crippen LogP contribution < -0.4 is 10.9 Å². The molecular weight excluding hydrogens is 398 g/mol. The zero-order valence-electron chi connectivity index (χ0n) is 13.3. The molecule has 130 valence electrons. The number of halogens is 2. The topological polar surface area (TPSA) is 84.2 Å². The van der Waals surface area contributed by atoms with E-state index >= 15 is 0 Å². The summed E-state index contributed by atoms with van der Waals surface area (Å²) < 4.78 is 1.96. The van der Waals surface area contributed by atoms with Gasteiger partial charge in [0.1, 0.15) is 5.78 Å². The number of Topliss-reactive ketones (excluding diaryl/α,β-unsaturated/α-hetero) is 1.